The number of rotatable bonds is 6. The van der Waals surface area contributed by atoms with Crippen molar-refractivity contribution in [3.05, 3.63) is 52.9 Å². The third kappa shape index (κ3) is 6.59. The van der Waals surface area contributed by atoms with Crippen molar-refractivity contribution in [1.82, 2.24) is 15.5 Å². The number of carbonyl (C=O) groups is 2. The Morgan fingerprint density at radius 1 is 1.10 bits per heavy atom. The maximum atomic E-state index is 11.9. The Hall–Kier alpha value is -2.34. The summed E-state index contributed by atoms with van der Waals surface area (Å²) >= 11 is 1.77. The molecule has 4 N–H and O–H groups in total. The monoisotopic (exact) mass is 542 g/mol. The lowest BCUT2D eigenvalue weighted by atomic mass is 10.1. The van der Waals surface area contributed by atoms with Gasteiger partial charge in [-0.2, -0.15) is 0 Å². The van der Waals surface area contributed by atoms with Gasteiger partial charge in [-0.3, -0.25) is 14.6 Å². The number of primary amides is 1. The topological polar surface area (TPSA) is 103 Å². The van der Waals surface area contributed by atoms with Crippen LogP contribution in [0.15, 0.2) is 46.8 Å². The smallest absolute Gasteiger partial charge is 0.251 e. The van der Waals surface area contributed by atoms with Gasteiger partial charge in [0, 0.05) is 45.3 Å². The fraction of sp³-hybridized carbons (Fsp3) is 0.350. The summed E-state index contributed by atoms with van der Waals surface area (Å²) in [4.78, 5) is 31.8. The van der Waals surface area contributed by atoms with Gasteiger partial charge in [-0.1, -0.05) is 12.1 Å². The number of guanidine groups is 1. The molecule has 8 nitrogen and oxygen atoms in total. The number of anilines is 1. The van der Waals surface area contributed by atoms with Crippen LogP contribution in [0.5, 0.6) is 0 Å². The molecule has 1 aromatic heterocycles. The number of nitrogens with zero attached hydrogens (tertiary/aromatic N) is 3. The van der Waals surface area contributed by atoms with Gasteiger partial charge in [0.1, 0.15) is 0 Å². The second-order valence-corrected chi connectivity index (χ2v) is 7.60. The molecule has 2 aromatic rings. The summed E-state index contributed by atoms with van der Waals surface area (Å²) in [6.45, 7) is 4.21. The molecule has 0 atom stereocenters. The van der Waals surface area contributed by atoms with E-state index >= 15 is 0 Å². The molecular weight excluding hydrogens is 515 g/mol. The van der Waals surface area contributed by atoms with Crippen LogP contribution in [0, 0.1) is 0 Å². The van der Waals surface area contributed by atoms with E-state index in [0.717, 1.165) is 37.7 Å². The first kappa shape index (κ1) is 23.9. The molecule has 162 valence electrons. The first-order chi connectivity index (χ1) is 14.1. The summed E-state index contributed by atoms with van der Waals surface area (Å²) in [5.74, 6) is -0.0105. The highest BCUT2D eigenvalue weighted by molar-refractivity contribution is 14.0. The number of hydrogen-bond donors (Lipinski definition) is 3. The first-order valence-electron chi connectivity index (χ1n) is 9.46. The molecule has 2 amide bonds. The normalized spacial score (nSPS) is 14.1. The Morgan fingerprint density at radius 3 is 2.37 bits per heavy atom. The Morgan fingerprint density at radius 2 is 1.80 bits per heavy atom. The van der Waals surface area contributed by atoms with Gasteiger partial charge in [0.15, 0.2) is 5.96 Å². The van der Waals surface area contributed by atoms with Crippen LogP contribution in [0.3, 0.4) is 0 Å². The fourth-order valence-corrected chi connectivity index (χ4v) is 3.93. The van der Waals surface area contributed by atoms with E-state index in [1.165, 1.54) is 5.00 Å². The number of piperazine rings is 1. The summed E-state index contributed by atoms with van der Waals surface area (Å²) in [7, 11) is 1.79. The molecule has 30 heavy (non-hydrogen) atoms. The zero-order valence-corrected chi connectivity index (χ0v) is 20.0. The lowest BCUT2D eigenvalue weighted by molar-refractivity contribution is -0.117. The number of carbonyl (C=O) groups excluding carboxylic acids is 2. The van der Waals surface area contributed by atoms with Crippen LogP contribution < -0.4 is 21.3 Å². The number of hydrogen-bond acceptors (Lipinski definition) is 5. The van der Waals surface area contributed by atoms with Gasteiger partial charge in [-0.25, -0.2) is 0 Å². The second kappa shape index (κ2) is 11.7. The van der Waals surface area contributed by atoms with Gasteiger partial charge in [0.05, 0.1) is 11.5 Å². The molecular formula is C20H27IN6O2S. The highest BCUT2D eigenvalue weighted by atomic mass is 127. The second-order valence-electron chi connectivity index (χ2n) is 6.67. The van der Waals surface area contributed by atoms with E-state index in [1.807, 2.05) is 12.1 Å². The number of nitrogens with one attached hydrogen (secondary N) is 2. The average molecular weight is 542 g/mol. The predicted molar refractivity (Wildman–Crippen MR) is 132 cm³/mol. The molecule has 1 aliphatic rings. The van der Waals surface area contributed by atoms with Crippen molar-refractivity contribution in [2.75, 3.05) is 44.7 Å². The Balaban J connectivity index is 0.00000320. The minimum absolute atomic E-state index is 0. The minimum Gasteiger partial charge on any atom is -0.368 e. The van der Waals surface area contributed by atoms with Crippen LogP contribution in [-0.2, 0) is 11.3 Å². The van der Waals surface area contributed by atoms with E-state index < -0.39 is 5.91 Å². The molecule has 1 fully saturated rings. The minimum atomic E-state index is -0.568. The lowest BCUT2D eigenvalue weighted by Gasteiger charge is -2.37. The van der Waals surface area contributed by atoms with E-state index in [4.69, 9.17) is 5.73 Å². The van der Waals surface area contributed by atoms with Crippen LogP contribution in [0.1, 0.15) is 15.9 Å². The quantitative estimate of drug-likeness (QED) is 0.292. The number of halogens is 1. The predicted octanol–water partition coefficient (Wildman–Crippen LogP) is 1.48. The van der Waals surface area contributed by atoms with Gasteiger partial charge in [0.2, 0.25) is 5.91 Å². The molecule has 0 radical (unpaired) electrons. The SMILES string of the molecule is CN=C(NCc1ccc(C(=O)NCC(N)=O)cc1)N1CCN(c2cccs2)CC1.I. The average Bonchev–Trinajstić information content (AvgIpc) is 3.28. The number of aliphatic imine (C=N–C) groups is 1. The van der Waals surface area contributed by atoms with Crippen molar-refractivity contribution in [1.29, 1.82) is 0 Å². The number of nitrogens with two attached hydrogens (primary N) is 1. The van der Waals surface area contributed by atoms with E-state index in [1.54, 1.807) is 30.5 Å². The van der Waals surface area contributed by atoms with Crippen LogP contribution >= 0.6 is 35.3 Å². The first-order valence-corrected chi connectivity index (χ1v) is 10.3. The molecule has 3 rings (SSSR count). The standard InChI is InChI=1S/C20H26N6O2S.HI/c1-22-20(26-10-8-25(9-11-26)18-3-2-12-29-18)24-13-15-4-6-16(7-5-15)19(28)23-14-17(21)27;/h2-7,12H,8-11,13-14H2,1H3,(H2,21,27)(H,22,24)(H,23,28);1H. The van der Waals surface area contributed by atoms with Gasteiger partial charge in [-0.15, -0.1) is 35.3 Å². The lowest BCUT2D eigenvalue weighted by Crippen LogP contribution is -2.52. The summed E-state index contributed by atoms with van der Waals surface area (Å²) in [6, 6.07) is 11.5. The summed E-state index contributed by atoms with van der Waals surface area (Å²) in [5.41, 5.74) is 6.57. The van der Waals surface area contributed by atoms with Gasteiger partial charge in [0.25, 0.3) is 5.91 Å². The Bertz CT molecular complexity index is 849. The fourth-order valence-electron chi connectivity index (χ4n) is 3.15. The molecule has 1 aliphatic heterocycles. The van der Waals surface area contributed by atoms with Crippen LogP contribution in [-0.4, -0.2) is 62.4 Å². The molecule has 2 heterocycles. The summed E-state index contributed by atoms with van der Waals surface area (Å²) < 4.78 is 0. The van der Waals surface area contributed by atoms with E-state index in [2.05, 4.69) is 42.9 Å². The summed E-state index contributed by atoms with van der Waals surface area (Å²) in [5, 5.41) is 9.29. The molecule has 1 saturated heterocycles. The third-order valence-corrected chi connectivity index (χ3v) is 5.63. The number of amides is 2. The van der Waals surface area contributed by atoms with Gasteiger partial charge in [-0.05, 0) is 35.2 Å². The van der Waals surface area contributed by atoms with E-state index in [9.17, 15) is 9.59 Å². The van der Waals surface area contributed by atoms with Crippen molar-refractivity contribution in [2.45, 2.75) is 6.54 Å². The van der Waals surface area contributed by atoms with Crippen LogP contribution in [0.2, 0.25) is 0 Å². The molecule has 0 aliphatic carbocycles. The van der Waals surface area contributed by atoms with E-state index in [0.29, 0.717) is 12.1 Å². The van der Waals surface area contributed by atoms with Crippen molar-refractivity contribution in [3.63, 3.8) is 0 Å². The van der Waals surface area contributed by atoms with E-state index in [-0.39, 0.29) is 36.4 Å². The molecule has 0 bridgehead atoms. The van der Waals surface area contributed by atoms with Gasteiger partial charge >= 0.3 is 0 Å². The molecule has 10 heteroatoms. The zero-order chi connectivity index (χ0) is 20.6. The van der Waals surface area contributed by atoms with Crippen molar-refractivity contribution in [2.24, 2.45) is 10.7 Å². The number of thiophene rings is 1. The Kier molecular flexibility index (Phi) is 9.37. The van der Waals surface area contributed by atoms with Crippen molar-refractivity contribution < 1.29 is 9.59 Å². The van der Waals surface area contributed by atoms with Crippen molar-refractivity contribution >= 4 is 58.1 Å². The molecule has 0 spiro atoms. The summed E-state index contributed by atoms with van der Waals surface area (Å²) in [6.07, 6.45) is 0. The van der Waals surface area contributed by atoms with Crippen molar-refractivity contribution in [3.8, 4) is 0 Å². The van der Waals surface area contributed by atoms with Crippen LogP contribution in [0.4, 0.5) is 5.00 Å². The maximum absolute atomic E-state index is 11.9. The highest BCUT2D eigenvalue weighted by Gasteiger charge is 2.20. The molecule has 0 saturated carbocycles. The third-order valence-electron chi connectivity index (χ3n) is 4.70. The maximum Gasteiger partial charge on any atom is 0.251 e. The Labute approximate surface area is 197 Å². The highest BCUT2D eigenvalue weighted by Crippen LogP contribution is 2.22. The number of benzene rings is 1. The van der Waals surface area contributed by atoms with Crippen LogP contribution in [0.25, 0.3) is 0 Å². The zero-order valence-electron chi connectivity index (χ0n) is 16.8. The molecule has 1 aromatic carbocycles. The van der Waals surface area contributed by atoms with Gasteiger partial charge < -0.3 is 26.2 Å². The largest absolute Gasteiger partial charge is 0.368 e. The molecule has 0 unspecified atom stereocenters.